The summed E-state index contributed by atoms with van der Waals surface area (Å²) in [4.78, 5) is 23.9. The second-order valence-corrected chi connectivity index (χ2v) is 5.70. The minimum Gasteiger partial charge on any atom is -0.462 e. The standard InChI is InChI=1S/C16H13BrClNO3/c1-2-22-16(21)13-9-12(7-8-14(13)18)19-15(20)10-3-5-11(17)6-4-10/h3-9H,2H2,1H3,(H,19,20). The van der Waals surface area contributed by atoms with Crippen LogP contribution in [-0.2, 0) is 4.74 Å². The monoisotopic (exact) mass is 381 g/mol. The number of rotatable bonds is 4. The van der Waals surface area contributed by atoms with Gasteiger partial charge in [0.25, 0.3) is 5.91 Å². The molecule has 0 aliphatic rings. The van der Waals surface area contributed by atoms with Crippen LogP contribution in [-0.4, -0.2) is 18.5 Å². The first-order valence-corrected chi connectivity index (χ1v) is 7.72. The number of hydrogen-bond donors (Lipinski definition) is 1. The number of anilines is 1. The molecule has 0 bridgehead atoms. The SMILES string of the molecule is CCOC(=O)c1cc(NC(=O)c2ccc(Br)cc2)ccc1Cl. The third-order valence-corrected chi connectivity index (χ3v) is 3.68. The van der Waals surface area contributed by atoms with E-state index in [9.17, 15) is 9.59 Å². The van der Waals surface area contributed by atoms with Gasteiger partial charge in [-0.1, -0.05) is 27.5 Å². The first-order valence-electron chi connectivity index (χ1n) is 6.55. The van der Waals surface area contributed by atoms with Gasteiger partial charge >= 0.3 is 5.97 Å². The lowest BCUT2D eigenvalue weighted by atomic mass is 10.1. The first kappa shape index (κ1) is 16.5. The van der Waals surface area contributed by atoms with Crippen LogP contribution in [0.1, 0.15) is 27.6 Å². The molecule has 0 unspecified atom stereocenters. The van der Waals surface area contributed by atoms with Crippen molar-refractivity contribution in [3.63, 3.8) is 0 Å². The molecule has 1 N–H and O–H groups in total. The van der Waals surface area contributed by atoms with Crippen LogP contribution < -0.4 is 5.32 Å². The molecular formula is C16H13BrClNO3. The predicted octanol–water partition coefficient (Wildman–Crippen LogP) is 4.53. The summed E-state index contributed by atoms with van der Waals surface area (Å²) in [5, 5.41) is 3.00. The summed E-state index contributed by atoms with van der Waals surface area (Å²) in [5.41, 5.74) is 1.20. The van der Waals surface area contributed by atoms with Crippen LogP contribution in [0.5, 0.6) is 0 Å². The van der Waals surface area contributed by atoms with Gasteiger partial charge in [0.05, 0.1) is 17.2 Å². The summed E-state index contributed by atoms with van der Waals surface area (Å²) in [6.07, 6.45) is 0. The molecule has 22 heavy (non-hydrogen) atoms. The lowest BCUT2D eigenvalue weighted by Crippen LogP contribution is -2.13. The number of amides is 1. The Bertz CT molecular complexity index is 701. The molecular weight excluding hydrogens is 370 g/mol. The van der Waals surface area contributed by atoms with Gasteiger partial charge in [0.15, 0.2) is 0 Å². The van der Waals surface area contributed by atoms with E-state index < -0.39 is 5.97 Å². The second-order valence-electron chi connectivity index (χ2n) is 4.38. The molecule has 0 heterocycles. The van der Waals surface area contributed by atoms with Crippen LogP contribution in [0.15, 0.2) is 46.9 Å². The van der Waals surface area contributed by atoms with Crippen LogP contribution in [0.2, 0.25) is 5.02 Å². The fraction of sp³-hybridized carbons (Fsp3) is 0.125. The van der Waals surface area contributed by atoms with Gasteiger partial charge in [-0.2, -0.15) is 0 Å². The van der Waals surface area contributed by atoms with E-state index in [0.29, 0.717) is 11.3 Å². The highest BCUT2D eigenvalue weighted by atomic mass is 79.9. The molecule has 0 aliphatic carbocycles. The van der Waals surface area contributed by atoms with Gasteiger partial charge in [0.2, 0.25) is 0 Å². The van der Waals surface area contributed by atoms with Gasteiger partial charge in [-0.05, 0) is 49.4 Å². The predicted molar refractivity (Wildman–Crippen MR) is 89.5 cm³/mol. The molecule has 0 radical (unpaired) electrons. The molecule has 4 nitrogen and oxygen atoms in total. The largest absolute Gasteiger partial charge is 0.462 e. The highest BCUT2D eigenvalue weighted by Gasteiger charge is 2.13. The van der Waals surface area contributed by atoms with E-state index in [1.807, 2.05) is 0 Å². The van der Waals surface area contributed by atoms with E-state index >= 15 is 0 Å². The summed E-state index contributed by atoms with van der Waals surface area (Å²) in [6, 6.07) is 11.6. The zero-order chi connectivity index (χ0) is 16.1. The average Bonchev–Trinajstić information content (AvgIpc) is 2.50. The number of ether oxygens (including phenoxy) is 1. The van der Waals surface area contributed by atoms with E-state index in [4.69, 9.17) is 16.3 Å². The lowest BCUT2D eigenvalue weighted by Gasteiger charge is -2.09. The molecule has 2 aromatic rings. The lowest BCUT2D eigenvalue weighted by molar-refractivity contribution is 0.0526. The summed E-state index contributed by atoms with van der Waals surface area (Å²) in [7, 11) is 0. The summed E-state index contributed by atoms with van der Waals surface area (Å²) in [6.45, 7) is 1.97. The maximum absolute atomic E-state index is 12.1. The Balaban J connectivity index is 2.19. The molecule has 0 spiro atoms. The molecule has 0 aliphatic heterocycles. The Morgan fingerprint density at radius 2 is 1.86 bits per heavy atom. The van der Waals surface area contributed by atoms with Crippen molar-refractivity contribution in [2.24, 2.45) is 0 Å². The van der Waals surface area contributed by atoms with Crippen molar-refractivity contribution in [1.29, 1.82) is 0 Å². The van der Waals surface area contributed by atoms with Gasteiger partial charge in [0.1, 0.15) is 0 Å². The van der Waals surface area contributed by atoms with Crippen LogP contribution in [0.25, 0.3) is 0 Å². The highest BCUT2D eigenvalue weighted by Crippen LogP contribution is 2.22. The molecule has 0 atom stereocenters. The van der Waals surface area contributed by atoms with Crippen molar-refractivity contribution in [2.45, 2.75) is 6.92 Å². The van der Waals surface area contributed by atoms with Gasteiger partial charge in [-0.15, -0.1) is 0 Å². The first-order chi connectivity index (χ1) is 10.5. The van der Waals surface area contributed by atoms with E-state index in [0.717, 1.165) is 4.47 Å². The zero-order valence-corrected chi connectivity index (χ0v) is 14.1. The van der Waals surface area contributed by atoms with Gasteiger partial charge in [0, 0.05) is 15.7 Å². The van der Waals surface area contributed by atoms with Crippen molar-refractivity contribution >= 4 is 45.1 Å². The Morgan fingerprint density at radius 1 is 1.18 bits per heavy atom. The van der Waals surface area contributed by atoms with Crippen molar-refractivity contribution in [3.8, 4) is 0 Å². The van der Waals surface area contributed by atoms with E-state index in [1.54, 1.807) is 43.3 Å². The fourth-order valence-corrected chi connectivity index (χ4v) is 2.23. The zero-order valence-electron chi connectivity index (χ0n) is 11.7. The number of benzene rings is 2. The Hall–Kier alpha value is -1.85. The molecule has 0 aromatic heterocycles. The van der Waals surface area contributed by atoms with Crippen molar-refractivity contribution in [1.82, 2.24) is 0 Å². The Morgan fingerprint density at radius 3 is 2.50 bits per heavy atom. The minimum atomic E-state index is -0.521. The van der Waals surface area contributed by atoms with Crippen LogP contribution in [0, 0.1) is 0 Å². The van der Waals surface area contributed by atoms with Crippen LogP contribution in [0.4, 0.5) is 5.69 Å². The number of nitrogens with one attached hydrogen (secondary N) is 1. The summed E-state index contributed by atoms with van der Waals surface area (Å²) >= 11 is 9.29. The number of carbonyl (C=O) groups is 2. The van der Waals surface area contributed by atoms with Gasteiger partial charge < -0.3 is 10.1 Å². The summed E-state index contributed by atoms with van der Waals surface area (Å²) in [5.74, 6) is -0.795. The number of hydrogen-bond acceptors (Lipinski definition) is 3. The third kappa shape index (κ3) is 4.08. The van der Waals surface area contributed by atoms with Gasteiger partial charge in [-0.25, -0.2) is 4.79 Å². The highest BCUT2D eigenvalue weighted by molar-refractivity contribution is 9.10. The number of carbonyl (C=O) groups excluding carboxylic acids is 2. The molecule has 0 saturated carbocycles. The Kier molecular flexibility index (Phi) is 5.57. The minimum absolute atomic E-state index is 0.220. The summed E-state index contributed by atoms with van der Waals surface area (Å²) < 4.78 is 5.81. The molecule has 6 heteroatoms. The topological polar surface area (TPSA) is 55.4 Å². The third-order valence-electron chi connectivity index (χ3n) is 2.83. The maximum Gasteiger partial charge on any atom is 0.339 e. The fourth-order valence-electron chi connectivity index (χ4n) is 1.77. The van der Waals surface area contributed by atoms with Crippen molar-refractivity contribution in [2.75, 3.05) is 11.9 Å². The normalized spacial score (nSPS) is 10.1. The number of esters is 1. The number of halogens is 2. The smallest absolute Gasteiger partial charge is 0.339 e. The van der Waals surface area contributed by atoms with Crippen molar-refractivity contribution < 1.29 is 14.3 Å². The molecule has 2 aromatic carbocycles. The molecule has 2 rings (SSSR count). The van der Waals surface area contributed by atoms with E-state index in [1.165, 1.54) is 6.07 Å². The molecule has 1 amide bonds. The second kappa shape index (κ2) is 7.42. The van der Waals surface area contributed by atoms with Gasteiger partial charge in [-0.3, -0.25) is 4.79 Å². The molecule has 0 saturated heterocycles. The van der Waals surface area contributed by atoms with E-state index in [2.05, 4.69) is 21.2 Å². The molecule has 0 fully saturated rings. The maximum atomic E-state index is 12.1. The van der Waals surface area contributed by atoms with E-state index in [-0.39, 0.29) is 23.1 Å². The molecule has 114 valence electrons. The average molecular weight is 383 g/mol. The van der Waals surface area contributed by atoms with Crippen LogP contribution in [0.3, 0.4) is 0 Å². The van der Waals surface area contributed by atoms with Crippen LogP contribution >= 0.6 is 27.5 Å². The quantitative estimate of drug-likeness (QED) is 0.790. The Labute approximate surface area is 141 Å². The van der Waals surface area contributed by atoms with Crippen molar-refractivity contribution in [3.05, 3.63) is 63.1 Å².